The van der Waals surface area contributed by atoms with Gasteiger partial charge in [0.15, 0.2) is 5.69 Å². The first-order chi connectivity index (χ1) is 13.0. The van der Waals surface area contributed by atoms with Crippen molar-refractivity contribution < 1.29 is 14.8 Å². The van der Waals surface area contributed by atoms with E-state index in [0.29, 0.717) is 12.1 Å². The van der Waals surface area contributed by atoms with E-state index in [0.717, 1.165) is 5.56 Å². The zero-order valence-electron chi connectivity index (χ0n) is 14.0. The molecule has 136 valence electrons. The van der Waals surface area contributed by atoms with Crippen LogP contribution in [0.4, 0.5) is 5.69 Å². The van der Waals surface area contributed by atoms with Crippen molar-refractivity contribution in [1.29, 1.82) is 0 Å². The smallest absolute Gasteiger partial charge is 0.291 e. The molecule has 1 heterocycles. The zero-order chi connectivity index (χ0) is 19.2. The number of phenols is 1. The van der Waals surface area contributed by atoms with E-state index >= 15 is 0 Å². The number of nitro benzene ring substituents is 1. The molecule has 2 N–H and O–H groups in total. The molecule has 0 atom stereocenters. The van der Waals surface area contributed by atoms with E-state index in [1.54, 1.807) is 41.2 Å². The summed E-state index contributed by atoms with van der Waals surface area (Å²) in [4.78, 5) is 22.3. The van der Waals surface area contributed by atoms with Crippen LogP contribution in [0.5, 0.6) is 5.75 Å². The van der Waals surface area contributed by atoms with Crippen LogP contribution in [0.15, 0.2) is 65.9 Å². The molecular weight excluding hydrogens is 350 g/mol. The fraction of sp³-hybridized carbons (Fsp3) is 0.0556. The number of aromatic nitrogens is 2. The number of rotatable bonds is 6. The van der Waals surface area contributed by atoms with Gasteiger partial charge in [0.25, 0.3) is 11.6 Å². The minimum Gasteiger partial charge on any atom is -0.507 e. The number of nitrogens with one attached hydrogen (secondary N) is 1. The molecule has 0 aliphatic rings. The van der Waals surface area contributed by atoms with Crippen LogP contribution in [0.2, 0.25) is 0 Å². The Morgan fingerprint density at radius 3 is 2.67 bits per heavy atom. The molecule has 0 saturated heterocycles. The number of aromatic hydroxyl groups is 1. The van der Waals surface area contributed by atoms with Crippen molar-refractivity contribution in [1.82, 2.24) is 15.2 Å². The lowest BCUT2D eigenvalue weighted by Crippen LogP contribution is -2.18. The molecule has 27 heavy (non-hydrogen) atoms. The first-order valence-electron chi connectivity index (χ1n) is 7.91. The Morgan fingerprint density at radius 2 is 1.96 bits per heavy atom. The highest BCUT2D eigenvalue weighted by molar-refractivity contribution is 5.93. The highest BCUT2D eigenvalue weighted by Gasteiger charge is 2.09. The van der Waals surface area contributed by atoms with E-state index in [1.807, 2.05) is 0 Å². The number of carbonyl (C=O) groups is 1. The largest absolute Gasteiger partial charge is 0.507 e. The second kappa shape index (κ2) is 7.91. The van der Waals surface area contributed by atoms with Gasteiger partial charge in [0.05, 0.1) is 17.7 Å². The summed E-state index contributed by atoms with van der Waals surface area (Å²) in [6.07, 6.45) is 2.96. The third-order valence-corrected chi connectivity index (χ3v) is 3.67. The van der Waals surface area contributed by atoms with Gasteiger partial charge in [-0.25, -0.2) is 5.43 Å². The maximum Gasteiger partial charge on any atom is 0.291 e. The summed E-state index contributed by atoms with van der Waals surface area (Å²) >= 11 is 0. The standard InChI is InChI=1S/C18H15N5O4/c24-17-4-2-1-3-14(17)11-19-20-18(25)16-9-10-22(21-16)12-13-5-7-15(8-6-13)23(26)27/h1-11,24H,12H2,(H,20,25)/b19-11-. The van der Waals surface area contributed by atoms with Gasteiger partial charge >= 0.3 is 0 Å². The molecule has 2 aromatic carbocycles. The van der Waals surface area contributed by atoms with Crippen LogP contribution in [-0.2, 0) is 6.54 Å². The van der Waals surface area contributed by atoms with Gasteiger partial charge in [0.1, 0.15) is 5.75 Å². The highest BCUT2D eigenvalue weighted by atomic mass is 16.6. The van der Waals surface area contributed by atoms with Gasteiger partial charge < -0.3 is 5.11 Å². The Labute approximate surface area is 153 Å². The Kier molecular flexibility index (Phi) is 5.22. The van der Waals surface area contributed by atoms with Gasteiger partial charge in [-0.2, -0.15) is 10.2 Å². The number of para-hydroxylation sites is 1. The molecule has 9 heteroatoms. The lowest BCUT2D eigenvalue weighted by Gasteiger charge is -2.02. The summed E-state index contributed by atoms with van der Waals surface area (Å²) < 4.78 is 1.54. The van der Waals surface area contributed by atoms with Crippen molar-refractivity contribution in [3.8, 4) is 5.75 Å². The molecule has 0 aliphatic carbocycles. The molecule has 1 amide bonds. The number of carbonyl (C=O) groups excluding carboxylic acids is 1. The van der Waals surface area contributed by atoms with Gasteiger partial charge in [-0.15, -0.1) is 0 Å². The molecular formula is C18H15N5O4. The number of hydrogen-bond acceptors (Lipinski definition) is 6. The highest BCUT2D eigenvalue weighted by Crippen LogP contribution is 2.13. The summed E-state index contributed by atoms with van der Waals surface area (Å²) in [5.74, 6) is -0.438. The number of hydrogen-bond donors (Lipinski definition) is 2. The maximum atomic E-state index is 12.1. The fourth-order valence-electron chi connectivity index (χ4n) is 2.30. The Morgan fingerprint density at radius 1 is 1.22 bits per heavy atom. The lowest BCUT2D eigenvalue weighted by atomic mass is 10.2. The second-order valence-electron chi connectivity index (χ2n) is 5.58. The van der Waals surface area contributed by atoms with E-state index in [4.69, 9.17) is 0 Å². The average Bonchev–Trinajstić information content (AvgIpc) is 3.12. The minimum atomic E-state index is -0.496. The summed E-state index contributed by atoms with van der Waals surface area (Å²) in [7, 11) is 0. The number of nitrogens with zero attached hydrogens (tertiary/aromatic N) is 4. The number of non-ortho nitro benzene ring substituents is 1. The molecule has 0 saturated carbocycles. The van der Waals surface area contributed by atoms with E-state index in [1.165, 1.54) is 30.5 Å². The van der Waals surface area contributed by atoms with Crippen LogP contribution in [0.1, 0.15) is 21.6 Å². The van der Waals surface area contributed by atoms with Gasteiger partial charge in [0.2, 0.25) is 0 Å². The SMILES string of the molecule is O=C(N/N=C\c1ccccc1O)c1ccn(Cc2ccc([N+](=O)[O-])cc2)n1. The molecule has 0 aliphatic heterocycles. The quantitative estimate of drug-likeness (QED) is 0.394. The molecule has 3 rings (SSSR count). The van der Waals surface area contributed by atoms with Crippen molar-refractivity contribution in [2.75, 3.05) is 0 Å². The Hall–Kier alpha value is -4.01. The van der Waals surface area contributed by atoms with Crippen LogP contribution in [0, 0.1) is 10.1 Å². The first kappa shape index (κ1) is 17.8. The third-order valence-electron chi connectivity index (χ3n) is 3.67. The summed E-state index contributed by atoms with van der Waals surface area (Å²) in [5.41, 5.74) is 3.82. The minimum absolute atomic E-state index is 0.0154. The predicted octanol–water partition coefficient (Wildman–Crippen LogP) is 2.31. The Balaban J connectivity index is 1.60. The van der Waals surface area contributed by atoms with Crippen LogP contribution in [0.3, 0.4) is 0 Å². The molecule has 3 aromatic rings. The molecule has 0 fully saturated rings. The van der Waals surface area contributed by atoms with Gasteiger partial charge in [-0.1, -0.05) is 24.3 Å². The third kappa shape index (κ3) is 4.54. The van der Waals surface area contributed by atoms with Crippen molar-refractivity contribution in [2.24, 2.45) is 5.10 Å². The van der Waals surface area contributed by atoms with Crippen LogP contribution in [-0.4, -0.2) is 31.9 Å². The fourth-order valence-corrected chi connectivity index (χ4v) is 2.30. The van der Waals surface area contributed by atoms with Gasteiger partial charge in [0, 0.05) is 23.9 Å². The van der Waals surface area contributed by atoms with Crippen LogP contribution in [0.25, 0.3) is 0 Å². The summed E-state index contributed by atoms with van der Waals surface area (Å²) in [5, 5.41) is 28.2. The molecule has 9 nitrogen and oxygen atoms in total. The lowest BCUT2D eigenvalue weighted by molar-refractivity contribution is -0.384. The topological polar surface area (TPSA) is 123 Å². The van der Waals surface area contributed by atoms with Crippen molar-refractivity contribution >= 4 is 17.8 Å². The normalized spacial score (nSPS) is 10.8. The number of hydrazone groups is 1. The molecule has 0 spiro atoms. The summed E-state index contributed by atoms with van der Waals surface area (Å²) in [6, 6.07) is 14.2. The van der Waals surface area contributed by atoms with Gasteiger partial charge in [-0.3, -0.25) is 19.6 Å². The van der Waals surface area contributed by atoms with Crippen LogP contribution >= 0.6 is 0 Å². The maximum absolute atomic E-state index is 12.1. The molecule has 0 bridgehead atoms. The second-order valence-corrected chi connectivity index (χ2v) is 5.58. The number of amides is 1. The number of phenolic OH excluding ortho intramolecular Hbond substituents is 1. The molecule has 0 radical (unpaired) electrons. The zero-order valence-corrected chi connectivity index (χ0v) is 14.0. The van der Waals surface area contributed by atoms with E-state index in [9.17, 15) is 20.0 Å². The van der Waals surface area contributed by atoms with Crippen molar-refractivity contribution in [3.63, 3.8) is 0 Å². The predicted molar refractivity (Wildman–Crippen MR) is 97.6 cm³/mol. The van der Waals surface area contributed by atoms with E-state index < -0.39 is 10.8 Å². The van der Waals surface area contributed by atoms with Crippen molar-refractivity contribution in [3.05, 3.63) is 87.7 Å². The van der Waals surface area contributed by atoms with Crippen LogP contribution < -0.4 is 5.43 Å². The summed E-state index contributed by atoms with van der Waals surface area (Å²) in [6.45, 7) is 0.367. The number of nitro groups is 1. The van der Waals surface area contributed by atoms with E-state index in [-0.39, 0.29) is 17.1 Å². The first-order valence-corrected chi connectivity index (χ1v) is 7.91. The molecule has 0 unspecified atom stereocenters. The van der Waals surface area contributed by atoms with E-state index in [2.05, 4.69) is 15.6 Å². The molecule has 1 aromatic heterocycles. The average molecular weight is 365 g/mol. The van der Waals surface area contributed by atoms with Crippen molar-refractivity contribution in [2.45, 2.75) is 6.54 Å². The van der Waals surface area contributed by atoms with Gasteiger partial charge in [-0.05, 0) is 23.8 Å². The number of benzene rings is 2. The Bertz CT molecular complexity index is 995. The monoisotopic (exact) mass is 365 g/mol.